The van der Waals surface area contributed by atoms with Crippen molar-refractivity contribution in [2.75, 3.05) is 0 Å². The third-order valence-corrected chi connectivity index (χ3v) is 3.35. The molecular formula is C13H10F3NO2S. The van der Waals surface area contributed by atoms with Crippen molar-refractivity contribution in [3.8, 4) is 10.6 Å². The molecule has 1 aromatic heterocycles. The Kier molecular flexibility index (Phi) is 4.08. The molecule has 7 heteroatoms. The maximum Gasteiger partial charge on any atom is 0.416 e. The molecule has 1 heterocycles. The normalized spacial score (nSPS) is 11.4. The molecule has 0 radical (unpaired) electrons. The van der Waals surface area contributed by atoms with Gasteiger partial charge in [0, 0.05) is 17.9 Å². The number of alkyl halides is 3. The molecule has 3 nitrogen and oxygen atoms in total. The van der Waals surface area contributed by atoms with E-state index in [0.717, 1.165) is 12.1 Å². The zero-order valence-electron chi connectivity index (χ0n) is 10.4. The van der Waals surface area contributed by atoms with Gasteiger partial charge in [-0.1, -0.05) is 12.1 Å². The van der Waals surface area contributed by atoms with Crippen LogP contribution in [0.15, 0.2) is 29.6 Å². The standard InChI is InChI=1S/C13H10F3NO2S/c1-8(18)19-6-11-7-20-12(17-11)9-3-2-4-10(5-9)13(14,15)16/h2-5,7H,6H2,1H3. The maximum atomic E-state index is 12.6. The number of thiazole rings is 1. The lowest BCUT2D eigenvalue weighted by Crippen LogP contribution is -2.04. The topological polar surface area (TPSA) is 39.2 Å². The van der Waals surface area contributed by atoms with Crippen LogP contribution in [0.25, 0.3) is 10.6 Å². The van der Waals surface area contributed by atoms with E-state index >= 15 is 0 Å². The minimum Gasteiger partial charge on any atom is -0.459 e. The van der Waals surface area contributed by atoms with E-state index in [9.17, 15) is 18.0 Å². The van der Waals surface area contributed by atoms with Gasteiger partial charge in [0.25, 0.3) is 0 Å². The third-order valence-electron chi connectivity index (χ3n) is 2.41. The highest BCUT2D eigenvalue weighted by atomic mass is 32.1. The Labute approximate surface area is 117 Å². The maximum absolute atomic E-state index is 12.6. The molecule has 0 saturated carbocycles. The number of aromatic nitrogens is 1. The molecule has 1 aromatic carbocycles. The van der Waals surface area contributed by atoms with Gasteiger partial charge < -0.3 is 4.74 Å². The predicted octanol–water partition coefficient (Wildman–Crippen LogP) is 3.89. The highest BCUT2D eigenvalue weighted by Crippen LogP contribution is 2.33. The summed E-state index contributed by atoms with van der Waals surface area (Å²) in [6, 6.07) is 4.96. The first-order valence-electron chi connectivity index (χ1n) is 5.61. The van der Waals surface area contributed by atoms with Gasteiger partial charge in [-0.05, 0) is 12.1 Å². The van der Waals surface area contributed by atoms with Crippen LogP contribution in [0.3, 0.4) is 0 Å². The van der Waals surface area contributed by atoms with Crippen LogP contribution in [-0.2, 0) is 22.3 Å². The quantitative estimate of drug-likeness (QED) is 0.807. The van der Waals surface area contributed by atoms with E-state index in [2.05, 4.69) is 4.98 Å². The summed E-state index contributed by atoms with van der Waals surface area (Å²) in [5.41, 5.74) is 0.184. The highest BCUT2D eigenvalue weighted by molar-refractivity contribution is 7.13. The van der Waals surface area contributed by atoms with Crippen molar-refractivity contribution < 1.29 is 22.7 Å². The number of carbonyl (C=O) groups excluding carboxylic acids is 1. The van der Waals surface area contributed by atoms with E-state index in [1.807, 2.05) is 0 Å². The van der Waals surface area contributed by atoms with Crippen molar-refractivity contribution in [3.05, 3.63) is 40.9 Å². The lowest BCUT2D eigenvalue weighted by atomic mass is 10.1. The van der Waals surface area contributed by atoms with Gasteiger partial charge in [0.05, 0.1) is 11.3 Å². The van der Waals surface area contributed by atoms with E-state index < -0.39 is 17.7 Å². The number of ether oxygens (including phenoxy) is 1. The van der Waals surface area contributed by atoms with Crippen LogP contribution in [0, 0.1) is 0 Å². The second-order valence-corrected chi connectivity index (χ2v) is 4.86. The minimum absolute atomic E-state index is 0.0186. The molecule has 0 aliphatic carbocycles. The van der Waals surface area contributed by atoms with Crippen molar-refractivity contribution in [1.82, 2.24) is 4.98 Å². The summed E-state index contributed by atoms with van der Waals surface area (Å²) >= 11 is 1.20. The van der Waals surface area contributed by atoms with Crippen LogP contribution >= 0.6 is 11.3 Å². The molecule has 0 saturated heterocycles. The van der Waals surface area contributed by atoms with Gasteiger partial charge >= 0.3 is 12.1 Å². The molecule has 0 amide bonds. The van der Waals surface area contributed by atoms with Crippen LogP contribution < -0.4 is 0 Å². The van der Waals surface area contributed by atoms with Crippen LogP contribution in [0.5, 0.6) is 0 Å². The molecule has 0 spiro atoms. The highest BCUT2D eigenvalue weighted by Gasteiger charge is 2.30. The Morgan fingerprint density at radius 1 is 1.40 bits per heavy atom. The smallest absolute Gasteiger partial charge is 0.416 e. The Morgan fingerprint density at radius 2 is 2.15 bits per heavy atom. The second kappa shape index (κ2) is 5.62. The van der Waals surface area contributed by atoms with Gasteiger partial charge in [-0.2, -0.15) is 13.2 Å². The fourth-order valence-corrected chi connectivity index (χ4v) is 2.31. The molecule has 0 aliphatic heterocycles. The van der Waals surface area contributed by atoms with Gasteiger partial charge in [0.1, 0.15) is 11.6 Å². The van der Waals surface area contributed by atoms with E-state index in [4.69, 9.17) is 4.74 Å². The summed E-state index contributed by atoms with van der Waals surface area (Å²) in [6.45, 7) is 1.30. The molecular weight excluding hydrogens is 291 g/mol. The summed E-state index contributed by atoms with van der Waals surface area (Å²) in [4.78, 5) is 14.8. The molecule has 0 aliphatic rings. The lowest BCUT2D eigenvalue weighted by molar-refractivity contribution is -0.142. The van der Waals surface area contributed by atoms with Crippen molar-refractivity contribution in [3.63, 3.8) is 0 Å². The first kappa shape index (κ1) is 14.5. The van der Waals surface area contributed by atoms with Gasteiger partial charge in [-0.15, -0.1) is 11.3 Å². The molecule has 2 rings (SSSR count). The van der Waals surface area contributed by atoms with Crippen LogP contribution in [0.4, 0.5) is 13.2 Å². The predicted molar refractivity (Wildman–Crippen MR) is 68.0 cm³/mol. The minimum atomic E-state index is -4.38. The Hall–Kier alpha value is -1.89. The largest absolute Gasteiger partial charge is 0.459 e. The first-order chi connectivity index (χ1) is 9.36. The lowest BCUT2D eigenvalue weighted by Gasteiger charge is -2.07. The number of halogens is 3. The summed E-state index contributed by atoms with van der Waals surface area (Å²) in [6.07, 6.45) is -4.38. The molecule has 0 atom stereocenters. The molecule has 2 aromatic rings. The molecule has 20 heavy (non-hydrogen) atoms. The number of carbonyl (C=O) groups is 1. The summed E-state index contributed by atoms with van der Waals surface area (Å²) in [5.74, 6) is -0.432. The zero-order chi connectivity index (χ0) is 14.8. The Morgan fingerprint density at radius 3 is 2.80 bits per heavy atom. The number of rotatable bonds is 3. The van der Waals surface area contributed by atoms with Gasteiger partial charge in [-0.3, -0.25) is 4.79 Å². The number of hydrogen-bond acceptors (Lipinski definition) is 4. The van der Waals surface area contributed by atoms with Crippen molar-refractivity contribution >= 4 is 17.3 Å². The number of nitrogens with zero attached hydrogens (tertiary/aromatic N) is 1. The van der Waals surface area contributed by atoms with Gasteiger partial charge in [-0.25, -0.2) is 4.98 Å². The zero-order valence-corrected chi connectivity index (χ0v) is 11.2. The molecule has 0 N–H and O–H groups in total. The van der Waals surface area contributed by atoms with Crippen molar-refractivity contribution in [1.29, 1.82) is 0 Å². The second-order valence-electron chi connectivity index (χ2n) is 4.00. The van der Waals surface area contributed by atoms with Crippen molar-refractivity contribution in [2.45, 2.75) is 19.7 Å². The number of benzene rings is 1. The third kappa shape index (κ3) is 3.57. The number of esters is 1. The molecule has 106 valence electrons. The fraction of sp³-hybridized carbons (Fsp3) is 0.231. The summed E-state index contributed by atoms with van der Waals surface area (Å²) < 4.78 is 42.7. The molecule has 0 bridgehead atoms. The van der Waals surface area contributed by atoms with Crippen LogP contribution in [0.1, 0.15) is 18.2 Å². The Balaban J connectivity index is 2.22. The van der Waals surface area contributed by atoms with Gasteiger partial charge in [0.15, 0.2) is 0 Å². The van der Waals surface area contributed by atoms with E-state index in [0.29, 0.717) is 16.3 Å². The average molecular weight is 301 g/mol. The van der Waals surface area contributed by atoms with E-state index in [1.165, 1.54) is 24.3 Å². The fourth-order valence-electron chi connectivity index (χ4n) is 1.51. The SMILES string of the molecule is CC(=O)OCc1csc(-c2cccc(C(F)(F)F)c2)n1. The number of hydrogen-bond donors (Lipinski definition) is 0. The summed E-state index contributed by atoms with van der Waals surface area (Å²) in [5, 5.41) is 2.11. The average Bonchev–Trinajstić information content (AvgIpc) is 2.84. The molecule has 0 unspecified atom stereocenters. The van der Waals surface area contributed by atoms with Crippen LogP contribution in [0.2, 0.25) is 0 Å². The van der Waals surface area contributed by atoms with Crippen molar-refractivity contribution in [2.24, 2.45) is 0 Å². The first-order valence-corrected chi connectivity index (χ1v) is 6.49. The monoisotopic (exact) mass is 301 g/mol. The van der Waals surface area contributed by atoms with Crippen LogP contribution in [-0.4, -0.2) is 11.0 Å². The van der Waals surface area contributed by atoms with Gasteiger partial charge in [0.2, 0.25) is 0 Å². The van der Waals surface area contributed by atoms with E-state index in [-0.39, 0.29) is 6.61 Å². The summed E-state index contributed by atoms with van der Waals surface area (Å²) in [7, 11) is 0. The van der Waals surface area contributed by atoms with E-state index in [1.54, 1.807) is 11.4 Å². The molecule has 0 fully saturated rings. The Bertz CT molecular complexity index is 622.